The van der Waals surface area contributed by atoms with E-state index in [4.69, 9.17) is 4.42 Å². The van der Waals surface area contributed by atoms with Gasteiger partial charge in [-0.15, -0.1) is 0 Å². The fourth-order valence-corrected chi connectivity index (χ4v) is 3.04. The summed E-state index contributed by atoms with van der Waals surface area (Å²) in [5.74, 6) is 0. The number of nitrogens with one attached hydrogen (secondary N) is 1. The first-order valence-electron chi connectivity index (χ1n) is 8.53. The number of fused-ring (bicyclic) bond motifs is 1. The van der Waals surface area contributed by atoms with Crippen molar-refractivity contribution in [2.75, 3.05) is 5.32 Å². The van der Waals surface area contributed by atoms with Crippen LogP contribution in [0.4, 0.5) is 5.69 Å². The summed E-state index contributed by atoms with van der Waals surface area (Å²) in [7, 11) is 0. The van der Waals surface area contributed by atoms with E-state index in [-0.39, 0.29) is 5.63 Å². The van der Waals surface area contributed by atoms with Crippen LogP contribution in [0.25, 0.3) is 11.0 Å². The SMILES string of the molecule is O=c1oc2ccccc2c(NCc2cccnc2)c1Cc1ccccc1. The molecule has 1 N–H and O–H groups in total. The average molecular weight is 342 g/mol. The minimum absolute atomic E-state index is 0.304. The van der Waals surface area contributed by atoms with Gasteiger partial charge in [-0.2, -0.15) is 0 Å². The summed E-state index contributed by atoms with van der Waals surface area (Å²) in [5.41, 5.74) is 3.86. The molecule has 0 spiro atoms. The first-order valence-corrected chi connectivity index (χ1v) is 8.53. The Bertz CT molecular complexity index is 1070. The normalized spacial score (nSPS) is 10.8. The summed E-state index contributed by atoms with van der Waals surface area (Å²) in [4.78, 5) is 16.8. The Morgan fingerprint density at radius 2 is 1.65 bits per heavy atom. The van der Waals surface area contributed by atoms with E-state index in [1.54, 1.807) is 6.20 Å². The molecule has 4 rings (SSSR count). The summed E-state index contributed by atoms with van der Waals surface area (Å²) in [6.45, 7) is 0.586. The Hall–Kier alpha value is -3.40. The molecular formula is C22H18N2O2. The van der Waals surface area contributed by atoms with Crippen LogP contribution in [0.2, 0.25) is 0 Å². The molecule has 0 aliphatic rings. The summed E-state index contributed by atoms with van der Waals surface area (Å²) in [5, 5.41) is 4.34. The predicted octanol–water partition coefficient (Wildman–Crippen LogP) is 4.39. The third-order valence-corrected chi connectivity index (χ3v) is 4.32. The molecule has 0 fully saturated rings. The van der Waals surface area contributed by atoms with E-state index in [9.17, 15) is 4.79 Å². The Labute approximate surface area is 151 Å². The molecule has 0 saturated heterocycles. The molecule has 2 heterocycles. The molecule has 26 heavy (non-hydrogen) atoms. The smallest absolute Gasteiger partial charge is 0.341 e. The van der Waals surface area contributed by atoms with Gasteiger partial charge in [-0.3, -0.25) is 4.98 Å². The molecule has 0 aliphatic carbocycles. The maximum Gasteiger partial charge on any atom is 0.341 e. The van der Waals surface area contributed by atoms with Gasteiger partial charge in [0, 0.05) is 30.7 Å². The van der Waals surface area contributed by atoms with E-state index in [0.29, 0.717) is 24.1 Å². The minimum Gasteiger partial charge on any atom is -0.422 e. The fraction of sp³-hybridized carbons (Fsp3) is 0.0909. The molecule has 4 aromatic rings. The van der Waals surface area contributed by atoms with Crippen LogP contribution in [0.3, 0.4) is 0 Å². The summed E-state index contributed by atoms with van der Waals surface area (Å²) in [6.07, 6.45) is 4.08. The van der Waals surface area contributed by atoms with Crippen molar-refractivity contribution in [1.29, 1.82) is 0 Å². The van der Waals surface area contributed by atoms with Crippen molar-refractivity contribution in [2.24, 2.45) is 0 Å². The number of hydrogen-bond acceptors (Lipinski definition) is 4. The topological polar surface area (TPSA) is 55.1 Å². The van der Waals surface area contributed by atoms with Gasteiger partial charge < -0.3 is 9.73 Å². The molecule has 0 unspecified atom stereocenters. The first kappa shape index (κ1) is 16.1. The second kappa shape index (κ2) is 7.23. The highest BCUT2D eigenvalue weighted by molar-refractivity contribution is 5.91. The highest BCUT2D eigenvalue weighted by Gasteiger charge is 2.15. The van der Waals surface area contributed by atoms with Gasteiger partial charge in [0.1, 0.15) is 5.58 Å². The van der Waals surface area contributed by atoms with Crippen LogP contribution < -0.4 is 10.9 Å². The molecule has 0 bridgehead atoms. The van der Waals surface area contributed by atoms with Crippen LogP contribution in [-0.2, 0) is 13.0 Å². The molecule has 0 amide bonds. The van der Waals surface area contributed by atoms with Crippen molar-refractivity contribution in [2.45, 2.75) is 13.0 Å². The first-order chi connectivity index (χ1) is 12.8. The van der Waals surface area contributed by atoms with Crippen LogP contribution >= 0.6 is 0 Å². The zero-order valence-electron chi connectivity index (χ0n) is 14.2. The number of pyridine rings is 1. The van der Waals surface area contributed by atoms with Crippen molar-refractivity contribution < 1.29 is 4.42 Å². The third-order valence-electron chi connectivity index (χ3n) is 4.32. The predicted molar refractivity (Wildman–Crippen MR) is 103 cm³/mol. The van der Waals surface area contributed by atoms with E-state index >= 15 is 0 Å². The Balaban J connectivity index is 1.78. The molecule has 0 saturated carbocycles. The maximum atomic E-state index is 12.7. The number of rotatable bonds is 5. The van der Waals surface area contributed by atoms with Gasteiger partial charge in [0.15, 0.2) is 0 Å². The van der Waals surface area contributed by atoms with Crippen LogP contribution in [0.1, 0.15) is 16.7 Å². The lowest BCUT2D eigenvalue weighted by atomic mass is 10.0. The van der Waals surface area contributed by atoms with E-state index < -0.39 is 0 Å². The number of nitrogens with zero attached hydrogens (tertiary/aromatic N) is 1. The van der Waals surface area contributed by atoms with Crippen molar-refractivity contribution in [3.63, 3.8) is 0 Å². The zero-order chi connectivity index (χ0) is 17.8. The van der Waals surface area contributed by atoms with Gasteiger partial charge in [-0.1, -0.05) is 48.5 Å². The van der Waals surface area contributed by atoms with Crippen LogP contribution in [0.15, 0.2) is 88.3 Å². The number of anilines is 1. The molecule has 0 aliphatic heterocycles. The lowest BCUT2D eigenvalue weighted by Gasteiger charge is -2.14. The van der Waals surface area contributed by atoms with Crippen molar-refractivity contribution in [3.8, 4) is 0 Å². The number of benzene rings is 2. The Morgan fingerprint density at radius 3 is 2.46 bits per heavy atom. The van der Waals surface area contributed by atoms with Crippen molar-refractivity contribution in [3.05, 3.63) is 106 Å². The molecule has 4 heteroatoms. The van der Waals surface area contributed by atoms with Crippen molar-refractivity contribution >= 4 is 16.7 Å². The van der Waals surface area contributed by atoms with Gasteiger partial charge in [-0.25, -0.2) is 4.79 Å². The molecule has 2 aromatic heterocycles. The molecular weight excluding hydrogens is 324 g/mol. The standard InChI is InChI=1S/C22H18N2O2/c25-22-19(13-16-7-2-1-3-8-16)21(18-10-4-5-11-20(18)26-22)24-15-17-9-6-12-23-14-17/h1-12,14,24H,13,15H2. The van der Waals surface area contributed by atoms with Gasteiger partial charge in [0.05, 0.1) is 11.3 Å². The highest BCUT2D eigenvalue weighted by Crippen LogP contribution is 2.27. The van der Waals surface area contributed by atoms with E-state index in [1.807, 2.05) is 72.9 Å². The average Bonchev–Trinajstić information content (AvgIpc) is 2.69. The maximum absolute atomic E-state index is 12.7. The molecule has 0 atom stereocenters. The molecule has 0 radical (unpaired) electrons. The van der Waals surface area contributed by atoms with Crippen LogP contribution in [0, 0.1) is 0 Å². The number of hydrogen-bond donors (Lipinski definition) is 1. The van der Waals surface area contributed by atoms with E-state index in [1.165, 1.54) is 0 Å². The molecule has 4 nitrogen and oxygen atoms in total. The monoisotopic (exact) mass is 342 g/mol. The van der Waals surface area contributed by atoms with Crippen molar-refractivity contribution in [1.82, 2.24) is 4.98 Å². The number of aromatic nitrogens is 1. The van der Waals surface area contributed by atoms with Crippen LogP contribution in [-0.4, -0.2) is 4.98 Å². The van der Waals surface area contributed by atoms with Gasteiger partial charge >= 0.3 is 5.63 Å². The van der Waals surface area contributed by atoms with E-state index in [0.717, 1.165) is 22.2 Å². The third kappa shape index (κ3) is 3.35. The summed E-state index contributed by atoms with van der Waals surface area (Å²) in [6, 6.07) is 21.5. The fourth-order valence-electron chi connectivity index (χ4n) is 3.04. The Morgan fingerprint density at radius 1 is 0.885 bits per heavy atom. The van der Waals surface area contributed by atoms with Crippen LogP contribution in [0.5, 0.6) is 0 Å². The summed E-state index contributed by atoms with van der Waals surface area (Å²) < 4.78 is 5.55. The molecule has 2 aromatic carbocycles. The summed E-state index contributed by atoms with van der Waals surface area (Å²) >= 11 is 0. The second-order valence-corrected chi connectivity index (χ2v) is 6.12. The number of para-hydroxylation sites is 1. The van der Waals surface area contributed by atoms with Gasteiger partial charge in [-0.05, 0) is 29.3 Å². The lowest BCUT2D eigenvalue weighted by Crippen LogP contribution is -2.14. The minimum atomic E-state index is -0.304. The van der Waals surface area contributed by atoms with Gasteiger partial charge in [0.25, 0.3) is 0 Å². The molecule has 128 valence electrons. The Kier molecular flexibility index (Phi) is 4.48. The second-order valence-electron chi connectivity index (χ2n) is 6.12. The zero-order valence-corrected chi connectivity index (χ0v) is 14.2. The highest BCUT2D eigenvalue weighted by atomic mass is 16.4. The largest absolute Gasteiger partial charge is 0.422 e. The quantitative estimate of drug-likeness (QED) is 0.547. The van der Waals surface area contributed by atoms with Gasteiger partial charge in [0.2, 0.25) is 0 Å². The van der Waals surface area contributed by atoms with E-state index in [2.05, 4.69) is 10.3 Å². The lowest BCUT2D eigenvalue weighted by molar-refractivity contribution is 0.553.